The van der Waals surface area contributed by atoms with Gasteiger partial charge in [0.1, 0.15) is 0 Å². The van der Waals surface area contributed by atoms with Crippen molar-refractivity contribution < 1.29 is 9.69 Å². The van der Waals surface area contributed by atoms with Gasteiger partial charge in [-0.15, -0.1) is 0 Å². The zero-order valence-electron chi connectivity index (χ0n) is 18.3. The van der Waals surface area contributed by atoms with Crippen molar-refractivity contribution in [2.45, 2.75) is 45.1 Å². The second kappa shape index (κ2) is 8.75. The number of fused-ring (bicyclic) bond motifs is 1. The maximum absolute atomic E-state index is 13.7. The van der Waals surface area contributed by atoms with Crippen LogP contribution in [0, 0.1) is 6.92 Å². The third-order valence-electron chi connectivity index (χ3n) is 7.00. The minimum Gasteiger partial charge on any atom is -0.330 e. The van der Waals surface area contributed by atoms with Crippen molar-refractivity contribution in [3.63, 3.8) is 0 Å². The Kier molecular flexibility index (Phi) is 5.68. The predicted molar refractivity (Wildman–Crippen MR) is 123 cm³/mol. The Morgan fingerprint density at radius 1 is 1.00 bits per heavy atom. The monoisotopic (exact) mass is 415 g/mol. The van der Waals surface area contributed by atoms with Crippen LogP contribution in [0.1, 0.15) is 48.0 Å². The van der Waals surface area contributed by atoms with E-state index in [-0.39, 0.29) is 5.91 Å². The van der Waals surface area contributed by atoms with E-state index in [4.69, 9.17) is 4.98 Å². The number of piperazine rings is 1. The van der Waals surface area contributed by atoms with Gasteiger partial charge in [-0.1, -0.05) is 24.1 Å². The van der Waals surface area contributed by atoms with Crippen LogP contribution in [0.2, 0.25) is 0 Å². The number of quaternary nitrogens is 1. The number of aromatic nitrogens is 2. The van der Waals surface area contributed by atoms with Crippen LogP contribution >= 0.6 is 0 Å². The Morgan fingerprint density at radius 3 is 2.55 bits per heavy atom. The van der Waals surface area contributed by atoms with Gasteiger partial charge < -0.3 is 9.80 Å². The molecule has 0 bridgehead atoms. The quantitative estimate of drug-likeness (QED) is 0.714. The first-order valence-electron chi connectivity index (χ1n) is 11.7. The van der Waals surface area contributed by atoms with Crippen molar-refractivity contribution in [1.82, 2.24) is 14.9 Å². The highest BCUT2D eigenvalue weighted by atomic mass is 16.2. The molecule has 1 saturated carbocycles. The molecule has 2 aliphatic rings. The van der Waals surface area contributed by atoms with Crippen LogP contribution < -0.4 is 4.90 Å². The van der Waals surface area contributed by atoms with Gasteiger partial charge in [-0.3, -0.25) is 9.78 Å². The van der Waals surface area contributed by atoms with Crippen LogP contribution in [0.3, 0.4) is 0 Å². The average Bonchev–Trinajstić information content (AvgIpc) is 2.84. The van der Waals surface area contributed by atoms with Gasteiger partial charge in [-0.25, -0.2) is 4.98 Å². The Labute approximate surface area is 184 Å². The van der Waals surface area contributed by atoms with Crippen LogP contribution in [-0.4, -0.2) is 53.0 Å². The summed E-state index contributed by atoms with van der Waals surface area (Å²) >= 11 is 0. The average molecular weight is 416 g/mol. The van der Waals surface area contributed by atoms with E-state index >= 15 is 0 Å². The zero-order chi connectivity index (χ0) is 21.2. The molecule has 1 aromatic carbocycles. The summed E-state index contributed by atoms with van der Waals surface area (Å²) in [5, 5.41) is 0.937. The Balaban J connectivity index is 1.43. The fraction of sp³-hybridized carbons (Fsp3) is 0.423. The van der Waals surface area contributed by atoms with Gasteiger partial charge in [0.2, 0.25) is 0 Å². The van der Waals surface area contributed by atoms with Crippen molar-refractivity contribution in [2.24, 2.45) is 0 Å². The first-order chi connectivity index (χ1) is 15.2. The second-order valence-corrected chi connectivity index (χ2v) is 9.08. The molecule has 1 amide bonds. The van der Waals surface area contributed by atoms with E-state index in [0.29, 0.717) is 0 Å². The molecular formula is C26H31N4O+. The molecule has 0 atom stereocenters. The summed E-state index contributed by atoms with van der Waals surface area (Å²) in [5.41, 5.74) is 4.29. The first kappa shape index (κ1) is 20.1. The van der Waals surface area contributed by atoms with Gasteiger partial charge in [0.05, 0.1) is 54.7 Å². The maximum atomic E-state index is 13.7. The van der Waals surface area contributed by atoms with Crippen LogP contribution in [0.4, 0.5) is 0 Å². The number of carbonyl (C=O) groups excluding carboxylic acids is 1. The number of nitrogens with zero attached hydrogens (tertiary/aromatic N) is 3. The van der Waals surface area contributed by atoms with E-state index in [1.807, 2.05) is 35.2 Å². The van der Waals surface area contributed by atoms with Crippen LogP contribution in [0.15, 0.2) is 48.7 Å². The molecule has 0 unspecified atom stereocenters. The number of hydrogen-bond acceptors (Lipinski definition) is 3. The lowest BCUT2D eigenvalue weighted by Crippen LogP contribution is -3.18. The summed E-state index contributed by atoms with van der Waals surface area (Å²) in [6, 6.07) is 14.7. The number of nitrogens with one attached hydrogen (secondary N) is 1. The summed E-state index contributed by atoms with van der Waals surface area (Å²) in [6.07, 6.45) is 8.60. The number of pyridine rings is 2. The number of benzene rings is 1. The maximum Gasteiger partial charge on any atom is 0.255 e. The fourth-order valence-electron chi connectivity index (χ4n) is 5.25. The van der Waals surface area contributed by atoms with Gasteiger partial charge in [0.25, 0.3) is 5.91 Å². The van der Waals surface area contributed by atoms with E-state index in [9.17, 15) is 4.79 Å². The largest absolute Gasteiger partial charge is 0.330 e. The van der Waals surface area contributed by atoms with E-state index in [1.54, 1.807) is 11.1 Å². The molecule has 3 heterocycles. The van der Waals surface area contributed by atoms with Gasteiger partial charge in [0, 0.05) is 11.6 Å². The van der Waals surface area contributed by atoms with Crippen LogP contribution in [0.5, 0.6) is 0 Å². The summed E-state index contributed by atoms with van der Waals surface area (Å²) in [7, 11) is 0. The van der Waals surface area contributed by atoms with Crippen molar-refractivity contribution in [2.75, 3.05) is 26.2 Å². The van der Waals surface area contributed by atoms with Gasteiger partial charge in [0.15, 0.2) is 0 Å². The molecule has 2 aromatic heterocycles. The van der Waals surface area contributed by atoms with Gasteiger partial charge in [-0.2, -0.15) is 0 Å². The Bertz CT molecular complexity index is 1070. The molecule has 1 aliphatic heterocycles. The molecule has 31 heavy (non-hydrogen) atoms. The summed E-state index contributed by atoms with van der Waals surface area (Å²) in [6.45, 7) is 5.85. The van der Waals surface area contributed by atoms with E-state index in [2.05, 4.69) is 24.0 Å². The molecule has 5 rings (SSSR count). The molecule has 160 valence electrons. The topological polar surface area (TPSA) is 50.5 Å². The minimum atomic E-state index is 0.123. The molecular weight excluding hydrogens is 384 g/mol. The molecule has 5 nitrogen and oxygen atoms in total. The smallest absolute Gasteiger partial charge is 0.255 e. The highest BCUT2D eigenvalue weighted by Gasteiger charge is 2.31. The number of carbonyl (C=O) groups is 1. The predicted octanol–water partition coefficient (Wildman–Crippen LogP) is 3.28. The first-order valence-corrected chi connectivity index (χ1v) is 11.7. The third kappa shape index (κ3) is 4.19. The second-order valence-electron chi connectivity index (χ2n) is 9.08. The van der Waals surface area contributed by atoms with Crippen molar-refractivity contribution in [1.29, 1.82) is 0 Å². The van der Waals surface area contributed by atoms with Gasteiger partial charge >= 0.3 is 0 Å². The highest BCUT2D eigenvalue weighted by Crippen LogP contribution is 2.26. The molecule has 3 aromatic rings. The Morgan fingerprint density at radius 2 is 1.81 bits per heavy atom. The molecule has 0 radical (unpaired) electrons. The zero-order valence-corrected chi connectivity index (χ0v) is 18.3. The summed E-state index contributed by atoms with van der Waals surface area (Å²) in [4.78, 5) is 26.7. The highest BCUT2D eigenvalue weighted by molar-refractivity contribution is 6.07. The van der Waals surface area contributed by atoms with Crippen LogP contribution in [-0.2, 0) is 0 Å². The Hall–Kier alpha value is -2.79. The summed E-state index contributed by atoms with van der Waals surface area (Å²) < 4.78 is 0. The number of aryl methyl sites for hydroxylation is 1. The minimum absolute atomic E-state index is 0.123. The molecule has 1 saturated heterocycles. The molecule has 1 aliphatic carbocycles. The van der Waals surface area contributed by atoms with E-state index in [0.717, 1.165) is 65.6 Å². The normalized spacial score (nSPS) is 18.4. The van der Waals surface area contributed by atoms with Crippen molar-refractivity contribution >= 4 is 16.8 Å². The lowest BCUT2D eigenvalue weighted by atomic mass is 9.94. The number of amides is 1. The van der Waals surface area contributed by atoms with Crippen molar-refractivity contribution in [3.8, 4) is 11.4 Å². The number of rotatable bonds is 3. The standard InChI is InChI=1S/C26H30N4O/c1-19-10-11-23-21(17-19)22(18-25(28-23)24-9-5-6-12-27-24)26(31)30-15-13-29(14-16-30)20-7-3-2-4-8-20/h5-6,9-12,17-18,20H,2-4,7-8,13-16H2,1H3/p+1. The number of hydrogen-bond donors (Lipinski definition) is 1. The van der Waals surface area contributed by atoms with Crippen LogP contribution in [0.25, 0.3) is 22.3 Å². The van der Waals surface area contributed by atoms with E-state index < -0.39 is 0 Å². The van der Waals surface area contributed by atoms with Crippen molar-refractivity contribution in [3.05, 3.63) is 59.8 Å². The molecule has 0 spiro atoms. The molecule has 2 fully saturated rings. The lowest BCUT2D eigenvalue weighted by Gasteiger charge is -2.38. The third-order valence-corrected chi connectivity index (χ3v) is 7.00. The molecule has 1 N–H and O–H groups in total. The summed E-state index contributed by atoms with van der Waals surface area (Å²) in [5.74, 6) is 0.123. The molecule has 5 heteroatoms. The fourth-order valence-corrected chi connectivity index (χ4v) is 5.25. The SMILES string of the molecule is Cc1ccc2nc(-c3ccccn3)cc(C(=O)N3CC[NH+](C4CCCCC4)CC3)c2c1. The van der Waals surface area contributed by atoms with E-state index in [1.165, 1.54) is 32.1 Å². The lowest BCUT2D eigenvalue weighted by molar-refractivity contribution is -0.930. The van der Waals surface area contributed by atoms with Gasteiger partial charge in [-0.05, 0) is 62.9 Å².